The molecule has 1 aromatic rings. The minimum absolute atomic E-state index is 0.169. The fourth-order valence-corrected chi connectivity index (χ4v) is 2.16. The minimum atomic E-state index is -0.341. The molecule has 16 heavy (non-hydrogen) atoms. The summed E-state index contributed by atoms with van der Waals surface area (Å²) in [6.45, 7) is 0.986. The van der Waals surface area contributed by atoms with Crippen molar-refractivity contribution in [2.45, 2.75) is 12.5 Å². The molecule has 1 amide bonds. The normalized spacial score (nSPS) is 19.4. The molecule has 1 atom stereocenters. The number of methoxy groups -OCH3 is 1. The Morgan fingerprint density at radius 3 is 3.12 bits per heavy atom. The number of nitrogens with zero attached hydrogens (tertiary/aromatic N) is 3. The van der Waals surface area contributed by atoms with Gasteiger partial charge in [-0.1, -0.05) is 0 Å². The van der Waals surface area contributed by atoms with Crippen molar-refractivity contribution in [1.82, 2.24) is 14.5 Å². The van der Waals surface area contributed by atoms with Crippen molar-refractivity contribution >= 4 is 6.09 Å². The first kappa shape index (κ1) is 10.9. The first-order valence-electron chi connectivity index (χ1n) is 5.23. The molecule has 1 unspecified atom stereocenters. The number of amides is 1. The number of carbonyl (C=O) groups is 1. The van der Waals surface area contributed by atoms with Gasteiger partial charge >= 0.3 is 6.09 Å². The van der Waals surface area contributed by atoms with Gasteiger partial charge in [0.05, 0.1) is 25.2 Å². The average Bonchev–Trinajstić information content (AvgIpc) is 2.69. The molecule has 0 bridgehead atoms. The molecular weight excluding hydrogens is 208 g/mol. The summed E-state index contributed by atoms with van der Waals surface area (Å²) in [5.74, 6) is 0. The van der Waals surface area contributed by atoms with Gasteiger partial charge < -0.3 is 15.0 Å². The zero-order valence-electron chi connectivity index (χ0n) is 9.51. The minimum Gasteiger partial charge on any atom is -0.453 e. The second kappa shape index (κ2) is 4.13. The Morgan fingerprint density at radius 1 is 1.75 bits per heavy atom. The molecule has 0 spiro atoms. The maximum Gasteiger partial charge on any atom is 0.410 e. The van der Waals surface area contributed by atoms with Gasteiger partial charge in [0.25, 0.3) is 0 Å². The quantitative estimate of drug-likeness (QED) is 0.731. The summed E-state index contributed by atoms with van der Waals surface area (Å²) in [7, 11) is 3.33. The van der Waals surface area contributed by atoms with Gasteiger partial charge in [-0.25, -0.2) is 9.78 Å². The van der Waals surface area contributed by atoms with Gasteiger partial charge in [-0.3, -0.25) is 4.90 Å². The number of hydrogen-bond donors (Lipinski definition) is 1. The van der Waals surface area contributed by atoms with Gasteiger partial charge in [0.2, 0.25) is 0 Å². The summed E-state index contributed by atoms with van der Waals surface area (Å²) in [4.78, 5) is 17.5. The maximum absolute atomic E-state index is 11.6. The second-order valence-corrected chi connectivity index (χ2v) is 3.85. The van der Waals surface area contributed by atoms with E-state index < -0.39 is 0 Å². The monoisotopic (exact) mass is 224 g/mol. The van der Waals surface area contributed by atoms with Crippen molar-refractivity contribution in [3.8, 4) is 0 Å². The Hall–Kier alpha value is -1.56. The molecule has 0 saturated carbocycles. The van der Waals surface area contributed by atoms with Crippen molar-refractivity contribution in [2.24, 2.45) is 12.8 Å². The van der Waals surface area contributed by atoms with E-state index in [1.807, 2.05) is 11.6 Å². The molecule has 2 N–H and O–H groups in total. The fourth-order valence-electron chi connectivity index (χ4n) is 2.16. The van der Waals surface area contributed by atoms with E-state index >= 15 is 0 Å². The molecule has 2 rings (SSSR count). The number of rotatable bonds is 1. The zero-order chi connectivity index (χ0) is 11.7. The van der Waals surface area contributed by atoms with Crippen LogP contribution in [-0.4, -0.2) is 40.7 Å². The third-order valence-electron chi connectivity index (χ3n) is 3.01. The lowest BCUT2D eigenvalue weighted by Gasteiger charge is -2.33. The molecule has 0 saturated heterocycles. The van der Waals surface area contributed by atoms with Gasteiger partial charge in [0.1, 0.15) is 0 Å². The molecule has 6 nitrogen and oxygen atoms in total. The van der Waals surface area contributed by atoms with Crippen LogP contribution < -0.4 is 5.73 Å². The van der Waals surface area contributed by atoms with Crippen LogP contribution in [0.5, 0.6) is 0 Å². The number of carbonyl (C=O) groups excluding carboxylic acids is 1. The van der Waals surface area contributed by atoms with Crippen LogP contribution in [0.3, 0.4) is 0 Å². The molecule has 1 aliphatic rings. The topological polar surface area (TPSA) is 73.4 Å². The molecule has 6 heteroatoms. The van der Waals surface area contributed by atoms with E-state index in [1.165, 1.54) is 7.11 Å². The van der Waals surface area contributed by atoms with Gasteiger partial charge in [-0.05, 0) is 0 Å². The van der Waals surface area contributed by atoms with E-state index in [1.54, 1.807) is 11.2 Å². The highest BCUT2D eigenvalue weighted by Crippen LogP contribution is 2.27. The Balaban J connectivity index is 2.33. The Bertz CT molecular complexity index is 402. The lowest BCUT2D eigenvalue weighted by molar-refractivity contribution is 0.101. The lowest BCUT2D eigenvalue weighted by atomic mass is 10.0. The highest BCUT2D eigenvalue weighted by Gasteiger charge is 2.33. The van der Waals surface area contributed by atoms with Crippen LogP contribution in [0.1, 0.15) is 17.4 Å². The van der Waals surface area contributed by atoms with Crippen LogP contribution >= 0.6 is 0 Å². The number of hydrogen-bond acceptors (Lipinski definition) is 4. The van der Waals surface area contributed by atoms with E-state index in [4.69, 9.17) is 10.5 Å². The van der Waals surface area contributed by atoms with E-state index in [9.17, 15) is 4.79 Å². The van der Waals surface area contributed by atoms with Crippen molar-refractivity contribution in [3.05, 3.63) is 17.7 Å². The summed E-state index contributed by atoms with van der Waals surface area (Å²) in [5, 5.41) is 0. The van der Waals surface area contributed by atoms with Gasteiger partial charge in [0, 0.05) is 32.3 Å². The summed E-state index contributed by atoms with van der Waals surface area (Å²) in [5.41, 5.74) is 7.75. The van der Waals surface area contributed by atoms with Crippen molar-refractivity contribution in [2.75, 3.05) is 20.2 Å². The molecule has 2 heterocycles. The summed E-state index contributed by atoms with van der Waals surface area (Å²) >= 11 is 0. The van der Waals surface area contributed by atoms with Crippen LogP contribution in [0.15, 0.2) is 6.33 Å². The highest BCUT2D eigenvalue weighted by atomic mass is 16.5. The standard InChI is InChI=1S/C10H16N4O2/c1-13-6-12-9-7(13)3-4-14(8(9)5-11)10(15)16-2/h6,8H,3-5,11H2,1-2H3. The number of ether oxygens (including phenoxy) is 1. The number of aromatic nitrogens is 2. The zero-order valence-corrected chi connectivity index (χ0v) is 9.51. The van der Waals surface area contributed by atoms with Crippen molar-refractivity contribution in [3.63, 3.8) is 0 Å². The number of fused-ring (bicyclic) bond motifs is 1. The lowest BCUT2D eigenvalue weighted by Crippen LogP contribution is -2.43. The largest absolute Gasteiger partial charge is 0.453 e. The van der Waals surface area contributed by atoms with Crippen LogP contribution in [0.4, 0.5) is 4.79 Å². The van der Waals surface area contributed by atoms with Crippen LogP contribution in [0.2, 0.25) is 0 Å². The third kappa shape index (κ3) is 1.55. The smallest absolute Gasteiger partial charge is 0.410 e. The Labute approximate surface area is 94.0 Å². The number of imidazole rings is 1. The molecule has 1 aliphatic heterocycles. The fraction of sp³-hybridized carbons (Fsp3) is 0.600. The Kier molecular flexibility index (Phi) is 2.82. The van der Waals surface area contributed by atoms with Gasteiger partial charge in [-0.2, -0.15) is 0 Å². The van der Waals surface area contributed by atoms with E-state index in [0.29, 0.717) is 13.1 Å². The van der Waals surface area contributed by atoms with Crippen molar-refractivity contribution in [1.29, 1.82) is 0 Å². The molecular formula is C10H16N4O2. The molecule has 88 valence electrons. The van der Waals surface area contributed by atoms with E-state index in [2.05, 4.69) is 4.98 Å². The molecule has 0 aliphatic carbocycles. The average molecular weight is 224 g/mol. The second-order valence-electron chi connectivity index (χ2n) is 3.85. The maximum atomic E-state index is 11.6. The van der Waals surface area contributed by atoms with E-state index in [-0.39, 0.29) is 12.1 Å². The van der Waals surface area contributed by atoms with Crippen LogP contribution in [-0.2, 0) is 18.2 Å². The summed E-state index contributed by atoms with van der Waals surface area (Å²) in [6.07, 6.45) is 2.21. The van der Waals surface area contributed by atoms with Gasteiger partial charge in [0.15, 0.2) is 0 Å². The predicted octanol–water partition coefficient (Wildman–Crippen LogP) is 0.0444. The predicted molar refractivity (Wildman–Crippen MR) is 57.8 cm³/mol. The summed E-state index contributed by atoms with van der Waals surface area (Å²) < 4.78 is 6.72. The van der Waals surface area contributed by atoms with Gasteiger partial charge in [-0.15, -0.1) is 0 Å². The highest BCUT2D eigenvalue weighted by molar-refractivity contribution is 5.68. The van der Waals surface area contributed by atoms with Crippen LogP contribution in [0.25, 0.3) is 0 Å². The molecule has 0 fully saturated rings. The molecule has 1 aromatic heterocycles. The van der Waals surface area contributed by atoms with Crippen LogP contribution in [0, 0.1) is 0 Å². The molecule has 0 aromatic carbocycles. The SMILES string of the molecule is COC(=O)N1CCc2c(ncn2C)C1CN. The molecule has 0 radical (unpaired) electrons. The first-order valence-corrected chi connectivity index (χ1v) is 5.23. The van der Waals surface area contributed by atoms with E-state index in [0.717, 1.165) is 17.8 Å². The third-order valence-corrected chi connectivity index (χ3v) is 3.01. The number of nitrogens with two attached hydrogens (primary N) is 1. The number of aryl methyl sites for hydroxylation is 1. The Morgan fingerprint density at radius 2 is 2.50 bits per heavy atom. The van der Waals surface area contributed by atoms with Crippen molar-refractivity contribution < 1.29 is 9.53 Å². The first-order chi connectivity index (χ1) is 7.69. The summed E-state index contributed by atoms with van der Waals surface area (Å²) in [6, 6.07) is -0.169.